The van der Waals surface area contributed by atoms with Gasteiger partial charge in [-0.25, -0.2) is 0 Å². The molecule has 0 bridgehead atoms. The van der Waals surface area contributed by atoms with E-state index in [1.807, 2.05) is 36.4 Å². The van der Waals surface area contributed by atoms with Crippen LogP contribution in [0.5, 0.6) is 17.5 Å². The summed E-state index contributed by atoms with van der Waals surface area (Å²) in [5, 5.41) is 6.10. The maximum atomic E-state index is 12.1. The van der Waals surface area contributed by atoms with Crippen LogP contribution >= 0.6 is 0 Å². The number of pyridine rings is 1. The summed E-state index contributed by atoms with van der Waals surface area (Å²) in [6.45, 7) is 2.43. The number of ether oxygens (including phenoxy) is 3. The van der Waals surface area contributed by atoms with Crippen molar-refractivity contribution < 1.29 is 19.0 Å². The van der Waals surface area contributed by atoms with Gasteiger partial charge in [-0.1, -0.05) is 12.1 Å². The Labute approximate surface area is 145 Å². The fraction of sp³-hybridized carbons (Fsp3) is 0.333. The lowest BCUT2D eigenvalue weighted by atomic mass is 10.2. The maximum Gasteiger partial charge on any atom is 0.265 e. The minimum Gasteiger partial charge on any atom is -0.478 e. The number of aromatic nitrogens is 1. The molecule has 4 rings (SSSR count). The monoisotopic (exact) mass is 341 g/mol. The first kappa shape index (κ1) is 15.7. The van der Waals surface area contributed by atoms with Gasteiger partial charge in [0.25, 0.3) is 5.91 Å². The Kier molecular flexibility index (Phi) is 4.39. The molecule has 0 spiro atoms. The van der Waals surface area contributed by atoms with Gasteiger partial charge in [0.1, 0.15) is 12.4 Å². The van der Waals surface area contributed by atoms with E-state index in [9.17, 15) is 4.79 Å². The number of hydrogen-bond acceptors (Lipinski definition) is 6. The highest BCUT2D eigenvalue weighted by Gasteiger charge is 2.27. The molecule has 0 saturated carbocycles. The van der Waals surface area contributed by atoms with E-state index in [0.717, 1.165) is 18.7 Å². The lowest BCUT2D eigenvalue weighted by Crippen LogP contribution is -2.38. The Balaban J connectivity index is 1.35. The number of amides is 1. The molecule has 2 aliphatic rings. The summed E-state index contributed by atoms with van der Waals surface area (Å²) in [7, 11) is 0. The van der Waals surface area contributed by atoms with Crippen molar-refractivity contribution in [2.45, 2.75) is 19.1 Å². The quantitative estimate of drug-likeness (QED) is 0.881. The third-order valence-corrected chi connectivity index (χ3v) is 4.08. The van der Waals surface area contributed by atoms with Crippen LogP contribution in [0.3, 0.4) is 0 Å². The molecule has 2 aromatic rings. The Bertz CT molecular complexity index is 781. The first-order valence-electron chi connectivity index (χ1n) is 8.32. The average molecular weight is 341 g/mol. The standard InChI is InChI=1S/C18H19N3O4/c22-17-15(25-14-4-2-1-3-13(14)20-17)7-9-23-16-6-5-12-11-19-8-10-24-18(12)21-16/h1-6,15,19H,7-11H2,(H,20,22). The lowest BCUT2D eigenvalue weighted by Gasteiger charge is -2.25. The number of rotatable bonds is 4. The molecule has 1 aromatic heterocycles. The molecule has 7 nitrogen and oxygen atoms in total. The third kappa shape index (κ3) is 3.51. The molecule has 1 unspecified atom stereocenters. The summed E-state index contributed by atoms with van der Waals surface area (Å²) < 4.78 is 17.0. The second kappa shape index (κ2) is 6.98. The Hall–Kier alpha value is -2.80. The van der Waals surface area contributed by atoms with Crippen molar-refractivity contribution in [1.82, 2.24) is 10.3 Å². The molecular weight excluding hydrogens is 322 g/mol. The van der Waals surface area contributed by atoms with Crippen LogP contribution in [0.15, 0.2) is 36.4 Å². The van der Waals surface area contributed by atoms with E-state index in [4.69, 9.17) is 14.2 Å². The number of anilines is 1. The first-order valence-corrected chi connectivity index (χ1v) is 8.32. The molecule has 0 radical (unpaired) electrons. The van der Waals surface area contributed by atoms with Gasteiger partial charge in [0.15, 0.2) is 6.10 Å². The van der Waals surface area contributed by atoms with Gasteiger partial charge < -0.3 is 24.8 Å². The zero-order chi connectivity index (χ0) is 17.1. The summed E-state index contributed by atoms with van der Waals surface area (Å²) >= 11 is 0. The highest BCUT2D eigenvalue weighted by Crippen LogP contribution is 2.29. The average Bonchev–Trinajstić information content (AvgIpc) is 2.87. The minimum absolute atomic E-state index is 0.161. The van der Waals surface area contributed by atoms with Gasteiger partial charge in [0.2, 0.25) is 11.8 Å². The second-order valence-corrected chi connectivity index (χ2v) is 5.87. The van der Waals surface area contributed by atoms with Crippen LogP contribution in [-0.2, 0) is 11.3 Å². The molecule has 0 fully saturated rings. The number of nitrogens with zero attached hydrogens (tertiary/aromatic N) is 1. The molecule has 2 aliphatic heterocycles. The van der Waals surface area contributed by atoms with Crippen LogP contribution in [-0.4, -0.2) is 36.8 Å². The highest BCUT2D eigenvalue weighted by atomic mass is 16.5. The van der Waals surface area contributed by atoms with E-state index in [1.165, 1.54) is 0 Å². The van der Waals surface area contributed by atoms with Crippen LogP contribution in [0.4, 0.5) is 5.69 Å². The largest absolute Gasteiger partial charge is 0.478 e. The highest BCUT2D eigenvalue weighted by molar-refractivity contribution is 5.97. The Morgan fingerprint density at radius 3 is 3.12 bits per heavy atom. The predicted octanol–water partition coefficient (Wildman–Crippen LogP) is 1.73. The molecule has 1 amide bonds. The maximum absolute atomic E-state index is 12.1. The number of para-hydroxylation sites is 2. The smallest absolute Gasteiger partial charge is 0.265 e. The number of carbonyl (C=O) groups excluding carboxylic acids is 1. The van der Waals surface area contributed by atoms with Crippen molar-refractivity contribution in [3.05, 3.63) is 42.0 Å². The zero-order valence-corrected chi connectivity index (χ0v) is 13.7. The van der Waals surface area contributed by atoms with Gasteiger partial charge in [-0.05, 0) is 18.2 Å². The van der Waals surface area contributed by atoms with Gasteiger partial charge in [-0.2, -0.15) is 4.98 Å². The normalized spacial score (nSPS) is 18.7. The molecule has 1 atom stereocenters. The van der Waals surface area contributed by atoms with Crippen LogP contribution in [0, 0.1) is 0 Å². The third-order valence-electron chi connectivity index (χ3n) is 4.08. The van der Waals surface area contributed by atoms with Gasteiger partial charge in [0, 0.05) is 31.1 Å². The van der Waals surface area contributed by atoms with Crippen molar-refractivity contribution >= 4 is 11.6 Å². The van der Waals surface area contributed by atoms with E-state index in [-0.39, 0.29) is 5.91 Å². The number of benzene rings is 1. The summed E-state index contributed by atoms with van der Waals surface area (Å²) in [6.07, 6.45) is -0.141. The van der Waals surface area contributed by atoms with E-state index in [0.29, 0.717) is 42.8 Å². The van der Waals surface area contributed by atoms with Crippen LogP contribution < -0.4 is 24.8 Å². The molecule has 7 heteroatoms. The molecule has 0 aliphatic carbocycles. The van der Waals surface area contributed by atoms with E-state index in [2.05, 4.69) is 15.6 Å². The van der Waals surface area contributed by atoms with E-state index < -0.39 is 6.10 Å². The predicted molar refractivity (Wildman–Crippen MR) is 91.0 cm³/mol. The van der Waals surface area contributed by atoms with Crippen molar-refractivity contribution in [3.63, 3.8) is 0 Å². The van der Waals surface area contributed by atoms with Crippen LogP contribution in [0.2, 0.25) is 0 Å². The number of carbonyl (C=O) groups is 1. The minimum atomic E-state index is -0.573. The van der Waals surface area contributed by atoms with Gasteiger partial charge in [0.05, 0.1) is 12.3 Å². The fourth-order valence-electron chi connectivity index (χ4n) is 2.79. The SMILES string of the molecule is O=C1Nc2ccccc2OC1CCOc1ccc2c(n1)OCCNC2. The van der Waals surface area contributed by atoms with Gasteiger partial charge in [-0.3, -0.25) is 4.79 Å². The molecule has 3 heterocycles. The summed E-state index contributed by atoms with van der Waals surface area (Å²) in [5.41, 5.74) is 1.71. The summed E-state index contributed by atoms with van der Waals surface area (Å²) in [4.78, 5) is 16.5. The van der Waals surface area contributed by atoms with E-state index >= 15 is 0 Å². The summed E-state index contributed by atoms with van der Waals surface area (Å²) in [6, 6.07) is 11.1. The Morgan fingerprint density at radius 2 is 2.16 bits per heavy atom. The molecule has 0 saturated heterocycles. The van der Waals surface area contributed by atoms with Crippen LogP contribution in [0.25, 0.3) is 0 Å². The lowest BCUT2D eigenvalue weighted by molar-refractivity contribution is -0.124. The van der Waals surface area contributed by atoms with Crippen molar-refractivity contribution in [3.8, 4) is 17.5 Å². The molecular formula is C18H19N3O4. The van der Waals surface area contributed by atoms with Crippen molar-refractivity contribution in [2.75, 3.05) is 25.1 Å². The van der Waals surface area contributed by atoms with Crippen molar-refractivity contribution in [1.29, 1.82) is 0 Å². The summed E-state index contributed by atoms with van der Waals surface area (Å²) in [5.74, 6) is 1.60. The zero-order valence-electron chi connectivity index (χ0n) is 13.7. The topological polar surface area (TPSA) is 81.7 Å². The second-order valence-electron chi connectivity index (χ2n) is 5.87. The number of fused-ring (bicyclic) bond motifs is 2. The number of nitrogens with one attached hydrogen (secondary N) is 2. The first-order chi connectivity index (χ1) is 12.3. The molecule has 130 valence electrons. The number of hydrogen-bond donors (Lipinski definition) is 2. The Morgan fingerprint density at radius 1 is 1.24 bits per heavy atom. The fourth-order valence-corrected chi connectivity index (χ4v) is 2.79. The molecule has 1 aromatic carbocycles. The molecule has 25 heavy (non-hydrogen) atoms. The van der Waals surface area contributed by atoms with Gasteiger partial charge >= 0.3 is 0 Å². The molecule has 2 N–H and O–H groups in total. The van der Waals surface area contributed by atoms with E-state index in [1.54, 1.807) is 0 Å². The van der Waals surface area contributed by atoms with Crippen molar-refractivity contribution in [2.24, 2.45) is 0 Å². The van der Waals surface area contributed by atoms with Crippen LogP contribution in [0.1, 0.15) is 12.0 Å². The van der Waals surface area contributed by atoms with Gasteiger partial charge in [-0.15, -0.1) is 0 Å².